The van der Waals surface area contributed by atoms with Crippen molar-refractivity contribution in [2.45, 2.75) is 13.5 Å². The van der Waals surface area contributed by atoms with Gasteiger partial charge in [0, 0.05) is 15.4 Å². The Hall–Kier alpha value is -2.77. The Morgan fingerprint density at radius 3 is 2.71 bits per heavy atom. The van der Waals surface area contributed by atoms with Gasteiger partial charge in [-0.1, -0.05) is 39.7 Å². The number of aliphatic hydroxyl groups is 1. The van der Waals surface area contributed by atoms with Crippen molar-refractivity contribution >= 4 is 43.7 Å². The van der Waals surface area contributed by atoms with Crippen molar-refractivity contribution in [2.75, 3.05) is 0 Å². The molecule has 0 saturated heterocycles. The van der Waals surface area contributed by atoms with Gasteiger partial charge in [-0.2, -0.15) is 4.98 Å². The monoisotopic (exact) mass is 451 g/mol. The van der Waals surface area contributed by atoms with E-state index in [1.54, 1.807) is 0 Å². The summed E-state index contributed by atoms with van der Waals surface area (Å²) < 4.78 is 2.88. The zero-order chi connectivity index (χ0) is 19.4. The van der Waals surface area contributed by atoms with Gasteiger partial charge >= 0.3 is 0 Å². The Balaban J connectivity index is 1.64. The number of rotatable bonds is 2. The standard InChI is InChI=1S/C21H14BrN3O2S/c1-11-2-7-16-14(8-11)20(27)24-19-18(17(26)9-25(16)19)21-23-15(10-28-21)12-3-5-13(22)6-4-12/h2-8,10,26H,9H2,1H3. The number of aryl methyl sites for hydroxylation is 1. The van der Waals surface area contributed by atoms with Crippen LogP contribution in [0.3, 0.4) is 0 Å². The molecule has 1 N–H and O–H groups in total. The molecule has 5 rings (SSSR count). The van der Waals surface area contributed by atoms with Crippen molar-refractivity contribution in [1.82, 2.24) is 14.5 Å². The van der Waals surface area contributed by atoms with Crippen LogP contribution in [-0.4, -0.2) is 19.6 Å². The first-order valence-corrected chi connectivity index (χ1v) is 10.3. The molecule has 7 heteroatoms. The predicted molar refractivity (Wildman–Crippen MR) is 115 cm³/mol. The molecule has 0 radical (unpaired) electrons. The summed E-state index contributed by atoms with van der Waals surface area (Å²) in [5.41, 5.74) is 3.83. The molecular weight excluding hydrogens is 438 g/mol. The van der Waals surface area contributed by atoms with E-state index >= 15 is 0 Å². The van der Waals surface area contributed by atoms with Crippen molar-refractivity contribution < 1.29 is 5.11 Å². The van der Waals surface area contributed by atoms with E-state index in [0.29, 0.717) is 21.8 Å². The fourth-order valence-corrected chi connectivity index (χ4v) is 4.61. The maximum atomic E-state index is 12.6. The highest BCUT2D eigenvalue weighted by Crippen LogP contribution is 2.36. The second kappa shape index (κ2) is 6.39. The summed E-state index contributed by atoms with van der Waals surface area (Å²) in [5.74, 6) is 0.646. The van der Waals surface area contributed by atoms with Crippen LogP contribution in [0.15, 0.2) is 62.9 Å². The molecule has 5 nitrogen and oxygen atoms in total. The number of aromatic nitrogens is 3. The van der Waals surface area contributed by atoms with Crippen LogP contribution in [0.5, 0.6) is 0 Å². The highest BCUT2D eigenvalue weighted by Gasteiger charge is 2.28. The summed E-state index contributed by atoms with van der Waals surface area (Å²) in [5, 5.41) is 13.8. The van der Waals surface area contributed by atoms with E-state index in [0.717, 1.165) is 26.8 Å². The first kappa shape index (κ1) is 17.3. The molecule has 0 amide bonds. The second-order valence-electron chi connectivity index (χ2n) is 6.71. The van der Waals surface area contributed by atoms with Crippen LogP contribution in [-0.2, 0) is 6.54 Å². The minimum absolute atomic E-state index is 0.177. The number of fused-ring (bicyclic) bond motifs is 3. The molecule has 1 aliphatic heterocycles. The van der Waals surface area contributed by atoms with Gasteiger partial charge in [0.25, 0.3) is 5.56 Å². The van der Waals surface area contributed by atoms with Crippen molar-refractivity contribution in [3.05, 3.63) is 84.8 Å². The Kier molecular flexibility index (Phi) is 3.96. The molecule has 138 valence electrons. The number of hydrogen-bond acceptors (Lipinski definition) is 5. The molecule has 0 fully saturated rings. The lowest BCUT2D eigenvalue weighted by Crippen LogP contribution is -2.15. The topological polar surface area (TPSA) is 68.0 Å². The lowest BCUT2D eigenvalue weighted by Gasteiger charge is -2.09. The van der Waals surface area contributed by atoms with E-state index in [4.69, 9.17) is 4.98 Å². The number of thiazole rings is 1. The number of aliphatic hydroxyl groups excluding tert-OH is 1. The number of allylic oxidation sites excluding steroid dienone is 1. The van der Waals surface area contributed by atoms with E-state index in [-0.39, 0.29) is 17.9 Å². The highest BCUT2D eigenvalue weighted by molar-refractivity contribution is 9.10. The van der Waals surface area contributed by atoms with Gasteiger partial charge in [-0.15, -0.1) is 11.3 Å². The lowest BCUT2D eigenvalue weighted by atomic mass is 10.1. The van der Waals surface area contributed by atoms with Crippen LogP contribution in [0.25, 0.3) is 27.7 Å². The first-order chi connectivity index (χ1) is 13.5. The van der Waals surface area contributed by atoms with Crippen LogP contribution in [0, 0.1) is 6.92 Å². The average molecular weight is 452 g/mol. The fourth-order valence-electron chi connectivity index (χ4n) is 3.46. The molecule has 2 aromatic heterocycles. The summed E-state index contributed by atoms with van der Waals surface area (Å²) >= 11 is 4.87. The van der Waals surface area contributed by atoms with Gasteiger partial charge in [-0.05, 0) is 31.2 Å². The third-order valence-corrected chi connectivity index (χ3v) is 6.20. The van der Waals surface area contributed by atoms with E-state index < -0.39 is 0 Å². The Labute approximate surface area is 172 Å². The predicted octanol–water partition coefficient (Wildman–Crippen LogP) is 4.92. The first-order valence-electron chi connectivity index (χ1n) is 8.67. The number of benzene rings is 2. The smallest absolute Gasteiger partial charge is 0.281 e. The second-order valence-corrected chi connectivity index (χ2v) is 8.49. The summed E-state index contributed by atoms with van der Waals surface area (Å²) in [7, 11) is 0. The normalized spacial score (nSPS) is 13.4. The molecule has 0 atom stereocenters. The Morgan fingerprint density at radius 2 is 1.93 bits per heavy atom. The molecule has 28 heavy (non-hydrogen) atoms. The average Bonchev–Trinajstić information content (AvgIpc) is 3.27. The van der Waals surface area contributed by atoms with Crippen molar-refractivity contribution in [3.8, 4) is 11.3 Å². The molecule has 0 spiro atoms. The van der Waals surface area contributed by atoms with E-state index in [9.17, 15) is 9.90 Å². The van der Waals surface area contributed by atoms with Crippen molar-refractivity contribution in [1.29, 1.82) is 0 Å². The zero-order valence-corrected chi connectivity index (χ0v) is 17.2. The largest absolute Gasteiger partial charge is 0.510 e. The van der Waals surface area contributed by atoms with E-state index in [1.165, 1.54) is 11.3 Å². The Morgan fingerprint density at radius 1 is 1.14 bits per heavy atom. The summed E-state index contributed by atoms with van der Waals surface area (Å²) in [6, 6.07) is 13.6. The number of nitrogens with zero attached hydrogens (tertiary/aromatic N) is 3. The molecular formula is C21H14BrN3O2S. The molecule has 0 saturated carbocycles. The quantitative estimate of drug-likeness (QED) is 0.469. The number of hydrogen-bond donors (Lipinski definition) is 1. The zero-order valence-electron chi connectivity index (χ0n) is 14.8. The van der Waals surface area contributed by atoms with Crippen molar-refractivity contribution in [2.24, 2.45) is 0 Å². The van der Waals surface area contributed by atoms with Gasteiger partial charge in [0.05, 0.1) is 28.7 Å². The fraction of sp³-hybridized carbons (Fsp3) is 0.0952. The summed E-state index contributed by atoms with van der Waals surface area (Å²) in [6.07, 6.45) is 0. The minimum Gasteiger partial charge on any atom is -0.510 e. The number of halogens is 1. The van der Waals surface area contributed by atoms with Crippen molar-refractivity contribution in [3.63, 3.8) is 0 Å². The van der Waals surface area contributed by atoms with Gasteiger partial charge < -0.3 is 9.67 Å². The lowest BCUT2D eigenvalue weighted by molar-refractivity contribution is 0.389. The van der Waals surface area contributed by atoms with Gasteiger partial charge in [-0.25, -0.2) is 4.98 Å². The third-order valence-electron chi connectivity index (χ3n) is 4.81. The van der Waals surface area contributed by atoms with Gasteiger partial charge in [-0.3, -0.25) is 4.79 Å². The molecule has 3 heterocycles. The maximum Gasteiger partial charge on any atom is 0.281 e. The highest BCUT2D eigenvalue weighted by atomic mass is 79.9. The minimum atomic E-state index is -0.290. The molecule has 1 aliphatic rings. The third kappa shape index (κ3) is 2.70. The molecule has 0 bridgehead atoms. The van der Waals surface area contributed by atoms with Gasteiger partial charge in [0.1, 0.15) is 10.8 Å². The van der Waals surface area contributed by atoms with Gasteiger partial charge in [0.15, 0.2) is 5.82 Å². The van der Waals surface area contributed by atoms with E-state index in [1.807, 2.05) is 59.3 Å². The molecule has 4 aromatic rings. The Bertz CT molecular complexity index is 1340. The SMILES string of the molecule is Cc1ccc2c(c1)c(=O)nc1n2CC(O)=C1c1nc(-c2ccc(Br)cc2)cs1. The van der Waals surface area contributed by atoms with Crippen LogP contribution in [0.4, 0.5) is 0 Å². The summed E-state index contributed by atoms with van der Waals surface area (Å²) in [4.78, 5) is 21.6. The summed E-state index contributed by atoms with van der Waals surface area (Å²) in [6.45, 7) is 2.22. The van der Waals surface area contributed by atoms with Crippen LogP contribution in [0.2, 0.25) is 0 Å². The van der Waals surface area contributed by atoms with Crippen LogP contribution < -0.4 is 5.56 Å². The molecule has 2 aromatic carbocycles. The van der Waals surface area contributed by atoms with Crippen LogP contribution in [0.1, 0.15) is 16.4 Å². The maximum absolute atomic E-state index is 12.6. The molecule has 0 unspecified atom stereocenters. The molecule has 0 aliphatic carbocycles. The van der Waals surface area contributed by atoms with Gasteiger partial charge in [0.2, 0.25) is 0 Å². The van der Waals surface area contributed by atoms with E-state index in [2.05, 4.69) is 20.9 Å². The van der Waals surface area contributed by atoms with Crippen LogP contribution >= 0.6 is 27.3 Å².